The van der Waals surface area contributed by atoms with Crippen molar-refractivity contribution >= 4 is 23.2 Å². The average Bonchev–Trinajstić information content (AvgIpc) is 2.29. The Labute approximate surface area is 111 Å². The predicted octanol–water partition coefficient (Wildman–Crippen LogP) is 3.10. The highest BCUT2D eigenvalue weighted by Gasteiger charge is 2.16. The molecule has 0 aliphatic carbocycles. The van der Waals surface area contributed by atoms with Gasteiger partial charge in [0.05, 0.1) is 10.7 Å². The molecule has 98 valence electrons. The first kappa shape index (κ1) is 13.0. The van der Waals surface area contributed by atoms with Gasteiger partial charge in [0.15, 0.2) is 11.5 Å². The monoisotopic (exact) mass is 269 g/mol. The smallest absolute Gasteiger partial charge is 0.224 e. The minimum atomic E-state index is -0.0522. The van der Waals surface area contributed by atoms with Crippen LogP contribution in [0.25, 0.3) is 0 Å². The van der Waals surface area contributed by atoms with E-state index < -0.39 is 0 Å². The number of fused-ring (bicyclic) bond motifs is 1. The molecule has 1 aliphatic heterocycles. The number of amides is 1. The fourth-order valence-electron chi connectivity index (χ4n) is 1.73. The third-order valence-corrected chi connectivity index (χ3v) is 2.81. The normalized spacial score (nSPS) is 13.6. The zero-order valence-corrected chi connectivity index (χ0v) is 11.2. The summed E-state index contributed by atoms with van der Waals surface area (Å²) in [6, 6.07) is 3.37. The van der Waals surface area contributed by atoms with Crippen LogP contribution >= 0.6 is 11.6 Å². The van der Waals surface area contributed by atoms with Crippen molar-refractivity contribution in [3.8, 4) is 11.5 Å². The first-order chi connectivity index (χ1) is 8.56. The molecule has 1 N–H and O–H groups in total. The molecule has 0 atom stereocenters. The Hall–Kier alpha value is -1.42. The number of halogens is 1. The first-order valence-electron chi connectivity index (χ1n) is 5.95. The van der Waals surface area contributed by atoms with Gasteiger partial charge in [-0.15, -0.1) is 0 Å². The Morgan fingerprint density at radius 3 is 2.56 bits per heavy atom. The van der Waals surface area contributed by atoms with E-state index in [0.29, 0.717) is 47.8 Å². The van der Waals surface area contributed by atoms with Crippen molar-refractivity contribution in [2.75, 3.05) is 18.5 Å². The van der Waals surface area contributed by atoms with E-state index in [-0.39, 0.29) is 5.91 Å². The summed E-state index contributed by atoms with van der Waals surface area (Å²) in [6.45, 7) is 5.01. The lowest BCUT2D eigenvalue weighted by Crippen LogP contribution is -2.17. The van der Waals surface area contributed by atoms with E-state index in [1.165, 1.54) is 0 Å². The van der Waals surface area contributed by atoms with E-state index in [4.69, 9.17) is 21.1 Å². The number of anilines is 1. The minimum Gasteiger partial charge on any atom is -0.486 e. The fraction of sp³-hybridized carbons (Fsp3) is 0.462. The average molecular weight is 270 g/mol. The third-order valence-electron chi connectivity index (χ3n) is 2.50. The highest BCUT2D eigenvalue weighted by atomic mass is 35.5. The molecule has 2 rings (SSSR count). The van der Waals surface area contributed by atoms with Crippen LogP contribution < -0.4 is 14.8 Å². The number of benzene rings is 1. The fourth-order valence-corrected chi connectivity index (χ4v) is 1.93. The molecule has 18 heavy (non-hydrogen) atoms. The van der Waals surface area contributed by atoms with Gasteiger partial charge in [-0.25, -0.2) is 0 Å². The number of hydrogen-bond acceptors (Lipinski definition) is 3. The standard InChI is InChI=1S/C13H16ClNO3/c1-8(2)5-13(16)15-10-7-12-11(6-9(10)14)17-3-4-18-12/h6-8H,3-5H2,1-2H3,(H,15,16). The van der Waals surface area contributed by atoms with Gasteiger partial charge in [-0.3, -0.25) is 4.79 Å². The predicted molar refractivity (Wildman–Crippen MR) is 70.5 cm³/mol. The van der Waals surface area contributed by atoms with Crippen molar-refractivity contribution in [2.24, 2.45) is 5.92 Å². The summed E-state index contributed by atoms with van der Waals surface area (Å²) >= 11 is 6.09. The van der Waals surface area contributed by atoms with Crippen molar-refractivity contribution in [1.29, 1.82) is 0 Å². The van der Waals surface area contributed by atoms with Crippen LogP contribution in [-0.2, 0) is 4.79 Å². The topological polar surface area (TPSA) is 47.6 Å². The molecule has 0 aromatic heterocycles. The number of carbonyl (C=O) groups is 1. The van der Waals surface area contributed by atoms with Gasteiger partial charge in [-0.05, 0) is 5.92 Å². The van der Waals surface area contributed by atoms with Gasteiger partial charge < -0.3 is 14.8 Å². The summed E-state index contributed by atoms with van der Waals surface area (Å²) in [7, 11) is 0. The summed E-state index contributed by atoms with van der Waals surface area (Å²) in [5.41, 5.74) is 0.562. The van der Waals surface area contributed by atoms with E-state index >= 15 is 0 Å². The van der Waals surface area contributed by atoms with Crippen LogP contribution in [0.4, 0.5) is 5.69 Å². The van der Waals surface area contributed by atoms with Gasteiger partial charge >= 0.3 is 0 Å². The highest BCUT2D eigenvalue weighted by molar-refractivity contribution is 6.34. The molecule has 0 radical (unpaired) electrons. The van der Waals surface area contributed by atoms with Gasteiger partial charge in [0.1, 0.15) is 13.2 Å². The Bertz CT molecular complexity index is 460. The van der Waals surface area contributed by atoms with Crippen LogP contribution in [0.15, 0.2) is 12.1 Å². The summed E-state index contributed by atoms with van der Waals surface area (Å²) in [4.78, 5) is 11.7. The molecule has 0 fully saturated rings. The lowest BCUT2D eigenvalue weighted by Gasteiger charge is -2.20. The Balaban J connectivity index is 2.15. The van der Waals surface area contributed by atoms with Gasteiger partial charge in [-0.2, -0.15) is 0 Å². The molecule has 0 saturated carbocycles. The molecule has 1 aliphatic rings. The lowest BCUT2D eigenvalue weighted by molar-refractivity contribution is -0.116. The second-order valence-electron chi connectivity index (χ2n) is 4.62. The van der Waals surface area contributed by atoms with Crippen LogP contribution in [0.3, 0.4) is 0 Å². The molecule has 1 aromatic carbocycles. The number of hydrogen-bond donors (Lipinski definition) is 1. The van der Waals surface area contributed by atoms with E-state index in [1.54, 1.807) is 12.1 Å². The van der Waals surface area contributed by atoms with Crippen molar-refractivity contribution in [3.05, 3.63) is 17.2 Å². The van der Waals surface area contributed by atoms with Crippen molar-refractivity contribution in [2.45, 2.75) is 20.3 Å². The largest absolute Gasteiger partial charge is 0.486 e. The van der Waals surface area contributed by atoms with E-state index in [0.717, 1.165) is 0 Å². The molecule has 0 unspecified atom stereocenters. The molecule has 0 spiro atoms. The van der Waals surface area contributed by atoms with E-state index in [9.17, 15) is 4.79 Å². The zero-order chi connectivity index (χ0) is 13.1. The zero-order valence-electron chi connectivity index (χ0n) is 10.5. The molecular formula is C13H16ClNO3. The SMILES string of the molecule is CC(C)CC(=O)Nc1cc2c(cc1Cl)OCCO2. The summed E-state index contributed by atoms with van der Waals surface area (Å²) in [5.74, 6) is 1.49. The highest BCUT2D eigenvalue weighted by Crippen LogP contribution is 2.37. The quantitative estimate of drug-likeness (QED) is 0.917. The van der Waals surface area contributed by atoms with Gasteiger partial charge in [-0.1, -0.05) is 25.4 Å². The lowest BCUT2D eigenvalue weighted by atomic mass is 10.1. The van der Waals surface area contributed by atoms with Crippen LogP contribution in [0.2, 0.25) is 5.02 Å². The van der Waals surface area contributed by atoms with Gasteiger partial charge in [0.2, 0.25) is 5.91 Å². The summed E-state index contributed by atoms with van der Waals surface area (Å²) in [6.07, 6.45) is 0.463. The molecule has 0 bridgehead atoms. The van der Waals surface area contributed by atoms with Gasteiger partial charge in [0.25, 0.3) is 0 Å². The van der Waals surface area contributed by atoms with Crippen molar-refractivity contribution in [1.82, 2.24) is 0 Å². The van der Waals surface area contributed by atoms with Crippen LogP contribution in [0.1, 0.15) is 20.3 Å². The van der Waals surface area contributed by atoms with Gasteiger partial charge in [0, 0.05) is 18.6 Å². The molecule has 1 amide bonds. The van der Waals surface area contributed by atoms with Crippen LogP contribution in [0.5, 0.6) is 11.5 Å². The first-order valence-corrected chi connectivity index (χ1v) is 6.33. The third kappa shape index (κ3) is 3.07. The number of rotatable bonds is 3. The van der Waals surface area contributed by atoms with E-state index in [1.807, 2.05) is 13.8 Å². The Morgan fingerprint density at radius 2 is 1.94 bits per heavy atom. The molecular weight excluding hydrogens is 254 g/mol. The van der Waals surface area contributed by atoms with Crippen LogP contribution in [-0.4, -0.2) is 19.1 Å². The maximum absolute atomic E-state index is 11.7. The number of nitrogens with one attached hydrogen (secondary N) is 1. The minimum absolute atomic E-state index is 0.0522. The molecule has 1 heterocycles. The van der Waals surface area contributed by atoms with Crippen molar-refractivity contribution < 1.29 is 14.3 Å². The second-order valence-corrected chi connectivity index (χ2v) is 5.03. The number of carbonyl (C=O) groups excluding carboxylic acids is 1. The molecule has 1 aromatic rings. The Kier molecular flexibility index (Phi) is 3.97. The number of ether oxygens (including phenoxy) is 2. The van der Waals surface area contributed by atoms with E-state index in [2.05, 4.69) is 5.32 Å². The van der Waals surface area contributed by atoms with Crippen molar-refractivity contribution in [3.63, 3.8) is 0 Å². The molecule has 4 nitrogen and oxygen atoms in total. The summed E-state index contributed by atoms with van der Waals surface area (Å²) in [5, 5.41) is 3.24. The maximum Gasteiger partial charge on any atom is 0.224 e. The second kappa shape index (κ2) is 5.48. The molecule has 5 heteroatoms. The Morgan fingerprint density at radius 1 is 1.33 bits per heavy atom. The summed E-state index contributed by atoms with van der Waals surface area (Å²) < 4.78 is 10.9. The molecule has 0 saturated heterocycles. The van der Waals surface area contributed by atoms with Crippen LogP contribution in [0, 0.1) is 5.92 Å². The maximum atomic E-state index is 11.7.